The van der Waals surface area contributed by atoms with E-state index in [4.69, 9.17) is 0 Å². The lowest BCUT2D eigenvalue weighted by Gasteiger charge is -2.05. The molecule has 1 nitrogen and oxygen atoms in total. The van der Waals surface area contributed by atoms with E-state index in [-0.39, 0.29) is 5.82 Å². The van der Waals surface area contributed by atoms with Crippen LogP contribution in [0.3, 0.4) is 0 Å². The van der Waals surface area contributed by atoms with Gasteiger partial charge >= 0.3 is 0 Å². The summed E-state index contributed by atoms with van der Waals surface area (Å²) in [6.45, 7) is 24.6. The van der Waals surface area contributed by atoms with Crippen LogP contribution in [0.25, 0.3) is 11.1 Å². The lowest BCUT2D eigenvalue weighted by atomic mass is 10.0. The maximum absolute atomic E-state index is 13.5. The highest BCUT2D eigenvalue weighted by Crippen LogP contribution is 2.27. The molecule has 0 spiro atoms. The molecule has 2 saturated carbocycles. The van der Waals surface area contributed by atoms with Crippen molar-refractivity contribution in [1.82, 2.24) is 0 Å². The molecule has 0 radical (unpaired) electrons. The Kier molecular flexibility index (Phi) is 18.3. The maximum Gasteiger partial charge on any atom is 0.135 e. The van der Waals surface area contributed by atoms with Gasteiger partial charge in [0.15, 0.2) is 0 Å². The van der Waals surface area contributed by atoms with E-state index < -0.39 is 0 Å². The minimum absolute atomic E-state index is 0.182. The van der Waals surface area contributed by atoms with Crippen LogP contribution in [0.1, 0.15) is 93.1 Å². The molecule has 2 aliphatic carbocycles. The fourth-order valence-corrected chi connectivity index (χ4v) is 3.88. The fraction of sp³-hybridized carbons (Fsp3) is 0.514. The van der Waals surface area contributed by atoms with Gasteiger partial charge in [0.05, 0.1) is 0 Å². The zero-order valence-corrected chi connectivity index (χ0v) is 24.9. The number of carbonyl (C=O) groups is 1. The Bertz CT molecular complexity index is 895. The SMILES string of the molecule is C=C1CC1.C=CCc1ccc(-c2ccccc2F)cc1.CC.CC(C)CC(C)C.CC1CCC(=O)C1C. The van der Waals surface area contributed by atoms with E-state index in [9.17, 15) is 9.18 Å². The predicted molar refractivity (Wildman–Crippen MR) is 162 cm³/mol. The molecule has 2 aliphatic rings. The van der Waals surface area contributed by atoms with Gasteiger partial charge in [0.2, 0.25) is 0 Å². The number of hydrogen-bond donors (Lipinski definition) is 0. The normalized spacial score (nSPS) is 17.3. The van der Waals surface area contributed by atoms with E-state index >= 15 is 0 Å². The predicted octanol–water partition coefficient (Wildman–Crippen LogP) is 10.9. The molecule has 2 aromatic rings. The van der Waals surface area contributed by atoms with Crippen LogP contribution in [0.4, 0.5) is 4.39 Å². The Morgan fingerprint density at radius 1 is 0.919 bits per heavy atom. The van der Waals surface area contributed by atoms with E-state index in [1.807, 2.05) is 57.2 Å². The highest BCUT2D eigenvalue weighted by Gasteiger charge is 2.26. The van der Waals surface area contributed by atoms with Crippen molar-refractivity contribution in [3.05, 3.63) is 84.7 Å². The summed E-state index contributed by atoms with van der Waals surface area (Å²) in [5.41, 5.74) is 4.16. The summed E-state index contributed by atoms with van der Waals surface area (Å²) in [7, 11) is 0. The smallest absolute Gasteiger partial charge is 0.135 e. The van der Waals surface area contributed by atoms with E-state index in [2.05, 4.69) is 47.8 Å². The first kappa shape index (κ1) is 34.5. The highest BCUT2D eigenvalue weighted by molar-refractivity contribution is 5.82. The van der Waals surface area contributed by atoms with Gasteiger partial charge in [-0.1, -0.05) is 116 Å². The summed E-state index contributed by atoms with van der Waals surface area (Å²) >= 11 is 0. The van der Waals surface area contributed by atoms with Crippen LogP contribution >= 0.6 is 0 Å². The largest absolute Gasteiger partial charge is 0.299 e. The second-order valence-corrected chi connectivity index (χ2v) is 10.7. The first-order valence-electron chi connectivity index (χ1n) is 14.2. The molecule has 0 bridgehead atoms. The van der Waals surface area contributed by atoms with Crippen molar-refractivity contribution in [3.8, 4) is 11.1 Å². The van der Waals surface area contributed by atoms with Crippen LogP contribution in [-0.4, -0.2) is 5.78 Å². The van der Waals surface area contributed by atoms with Crippen LogP contribution in [-0.2, 0) is 11.2 Å². The number of benzene rings is 2. The fourth-order valence-electron chi connectivity index (χ4n) is 3.88. The summed E-state index contributed by atoms with van der Waals surface area (Å²) < 4.78 is 13.5. The lowest BCUT2D eigenvalue weighted by molar-refractivity contribution is -0.120. The molecule has 206 valence electrons. The Balaban J connectivity index is 0.000000517. The van der Waals surface area contributed by atoms with Gasteiger partial charge in [-0.05, 0) is 67.1 Å². The van der Waals surface area contributed by atoms with E-state index in [1.54, 1.807) is 12.1 Å². The second-order valence-electron chi connectivity index (χ2n) is 10.7. The summed E-state index contributed by atoms with van der Waals surface area (Å²) in [6, 6.07) is 14.7. The topological polar surface area (TPSA) is 17.1 Å². The van der Waals surface area contributed by atoms with Crippen LogP contribution in [0.15, 0.2) is 73.3 Å². The Hall–Kier alpha value is -2.48. The van der Waals surface area contributed by atoms with Crippen LogP contribution < -0.4 is 0 Å². The second kappa shape index (κ2) is 19.6. The molecule has 0 heterocycles. The molecule has 2 atom stereocenters. The third kappa shape index (κ3) is 16.1. The number of rotatable bonds is 5. The average molecular weight is 509 g/mol. The van der Waals surface area contributed by atoms with Gasteiger partial charge in [0.1, 0.15) is 11.6 Å². The minimum Gasteiger partial charge on any atom is -0.299 e. The van der Waals surface area contributed by atoms with Gasteiger partial charge in [-0.25, -0.2) is 4.39 Å². The maximum atomic E-state index is 13.5. The van der Waals surface area contributed by atoms with Crippen LogP contribution in [0.5, 0.6) is 0 Å². The van der Waals surface area contributed by atoms with Gasteiger partial charge in [-0.15, -0.1) is 6.58 Å². The van der Waals surface area contributed by atoms with Crippen molar-refractivity contribution in [3.63, 3.8) is 0 Å². The molecule has 2 fully saturated rings. The van der Waals surface area contributed by atoms with E-state index in [0.717, 1.165) is 36.7 Å². The molecule has 0 saturated heterocycles. The summed E-state index contributed by atoms with van der Waals surface area (Å²) in [4.78, 5) is 10.8. The van der Waals surface area contributed by atoms with Crippen molar-refractivity contribution in [2.45, 2.75) is 93.9 Å². The molecule has 37 heavy (non-hydrogen) atoms. The summed E-state index contributed by atoms with van der Waals surface area (Å²) in [6.07, 6.45) is 8.58. The molecule has 0 aliphatic heterocycles. The quantitative estimate of drug-likeness (QED) is 0.367. The van der Waals surface area contributed by atoms with Crippen molar-refractivity contribution in [2.24, 2.45) is 23.7 Å². The Morgan fingerprint density at radius 2 is 1.43 bits per heavy atom. The molecule has 2 unspecified atom stereocenters. The molecule has 2 aromatic carbocycles. The number of halogens is 1. The summed E-state index contributed by atoms with van der Waals surface area (Å²) in [5, 5.41) is 0. The molecule has 0 aromatic heterocycles. The molecule has 0 amide bonds. The molecule has 4 rings (SSSR count). The van der Waals surface area contributed by atoms with Gasteiger partial charge < -0.3 is 0 Å². The van der Waals surface area contributed by atoms with Gasteiger partial charge in [0.25, 0.3) is 0 Å². The van der Waals surface area contributed by atoms with E-state index in [1.165, 1.54) is 36.5 Å². The van der Waals surface area contributed by atoms with Gasteiger partial charge in [-0.3, -0.25) is 4.79 Å². The number of carbonyl (C=O) groups excluding carboxylic acids is 1. The first-order valence-corrected chi connectivity index (χ1v) is 14.2. The molecular weight excluding hydrogens is 455 g/mol. The average Bonchev–Trinajstić information content (AvgIpc) is 3.60. The monoisotopic (exact) mass is 508 g/mol. The number of Topliss-reactive ketones (excluding diaryl/α,β-unsaturated/α-hetero) is 1. The number of ketones is 1. The minimum atomic E-state index is -0.182. The Labute approximate surface area is 228 Å². The van der Waals surface area contributed by atoms with Gasteiger partial charge in [0, 0.05) is 17.9 Å². The molecular formula is C35H53FO. The first-order chi connectivity index (χ1) is 17.5. The molecule has 2 heteroatoms. The van der Waals surface area contributed by atoms with Gasteiger partial charge in [-0.2, -0.15) is 0 Å². The number of allylic oxidation sites excluding steroid dienone is 2. The zero-order chi connectivity index (χ0) is 28.4. The van der Waals surface area contributed by atoms with Crippen molar-refractivity contribution < 1.29 is 9.18 Å². The standard InChI is InChI=1S/C15H13F.C7H12O.C7H16.C4H6.C2H6/c1-2-5-12-8-10-13(11-9-12)14-6-3-4-7-15(14)16;1-5-3-4-7(8)6(5)2;1-6(2)5-7(3)4;1-4-2-3-4;1-2/h2-4,6-11H,1,5H2;5-6H,3-4H2,1-2H3;6-7H,5H2,1-4H3;1-3H2;1-2H3. The molecule has 0 N–H and O–H groups in total. The third-order valence-electron chi connectivity index (χ3n) is 6.27. The third-order valence-corrected chi connectivity index (χ3v) is 6.27. The van der Waals surface area contributed by atoms with Crippen molar-refractivity contribution >= 4 is 5.78 Å². The lowest BCUT2D eigenvalue weighted by Crippen LogP contribution is -2.06. The van der Waals surface area contributed by atoms with Crippen LogP contribution in [0, 0.1) is 29.5 Å². The zero-order valence-electron chi connectivity index (χ0n) is 24.9. The highest BCUT2D eigenvalue weighted by atomic mass is 19.1. The van der Waals surface area contributed by atoms with E-state index in [0.29, 0.717) is 23.2 Å². The Morgan fingerprint density at radius 3 is 1.73 bits per heavy atom. The summed E-state index contributed by atoms with van der Waals surface area (Å²) in [5.74, 6) is 3.01. The van der Waals surface area contributed by atoms with Crippen molar-refractivity contribution in [2.75, 3.05) is 0 Å². The van der Waals surface area contributed by atoms with Crippen LogP contribution in [0.2, 0.25) is 0 Å². The van der Waals surface area contributed by atoms with Crippen molar-refractivity contribution in [1.29, 1.82) is 0 Å². The number of hydrogen-bond acceptors (Lipinski definition) is 1.